The van der Waals surface area contributed by atoms with E-state index >= 15 is 0 Å². The van der Waals surface area contributed by atoms with Crippen molar-refractivity contribution in [1.82, 2.24) is 4.90 Å². The van der Waals surface area contributed by atoms with Crippen LogP contribution >= 0.6 is 11.6 Å². The number of piperidine rings is 1. The molecule has 3 nitrogen and oxygen atoms in total. The molecule has 98 valence electrons. The van der Waals surface area contributed by atoms with Crippen LogP contribution in [0, 0.1) is 0 Å². The van der Waals surface area contributed by atoms with Gasteiger partial charge >= 0.3 is 0 Å². The number of rotatable bonds is 3. The van der Waals surface area contributed by atoms with Crippen molar-refractivity contribution in [3.63, 3.8) is 0 Å². The average molecular weight is 267 g/mol. The van der Waals surface area contributed by atoms with Gasteiger partial charge in [-0.3, -0.25) is 9.69 Å². The molecular formula is C14H19ClN2O. The maximum Gasteiger partial charge on any atom is 0.238 e. The van der Waals surface area contributed by atoms with Crippen molar-refractivity contribution in [3.8, 4) is 0 Å². The molecule has 1 heterocycles. The van der Waals surface area contributed by atoms with E-state index in [-0.39, 0.29) is 5.91 Å². The predicted molar refractivity (Wildman–Crippen MR) is 75.0 cm³/mol. The fourth-order valence-corrected chi connectivity index (χ4v) is 2.51. The molecule has 1 atom stereocenters. The molecule has 1 aliphatic rings. The minimum absolute atomic E-state index is 0.0110. The van der Waals surface area contributed by atoms with Crippen molar-refractivity contribution >= 4 is 23.2 Å². The molecule has 1 amide bonds. The van der Waals surface area contributed by atoms with Crippen LogP contribution in [0.3, 0.4) is 0 Å². The monoisotopic (exact) mass is 266 g/mol. The molecule has 1 saturated heterocycles. The van der Waals surface area contributed by atoms with Gasteiger partial charge in [0, 0.05) is 6.04 Å². The quantitative estimate of drug-likeness (QED) is 0.912. The Hall–Kier alpha value is -1.06. The highest BCUT2D eigenvalue weighted by molar-refractivity contribution is 6.33. The zero-order valence-corrected chi connectivity index (χ0v) is 11.4. The Morgan fingerprint density at radius 1 is 1.44 bits per heavy atom. The van der Waals surface area contributed by atoms with Gasteiger partial charge < -0.3 is 5.32 Å². The van der Waals surface area contributed by atoms with E-state index in [0.29, 0.717) is 23.3 Å². The molecule has 2 rings (SSSR count). The van der Waals surface area contributed by atoms with Crippen LogP contribution in [0.1, 0.15) is 26.2 Å². The molecule has 18 heavy (non-hydrogen) atoms. The van der Waals surface area contributed by atoms with Crippen LogP contribution in [0.5, 0.6) is 0 Å². The number of carbonyl (C=O) groups excluding carboxylic acids is 1. The van der Waals surface area contributed by atoms with Gasteiger partial charge in [0.15, 0.2) is 0 Å². The summed E-state index contributed by atoms with van der Waals surface area (Å²) in [6.07, 6.45) is 3.63. The van der Waals surface area contributed by atoms with Gasteiger partial charge in [-0.05, 0) is 38.4 Å². The number of hydrogen-bond donors (Lipinski definition) is 1. The van der Waals surface area contributed by atoms with E-state index in [2.05, 4.69) is 17.1 Å². The van der Waals surface area contributed by atoms with Gasteiger partial charge in [0.1, 0.15) is 0 Å². The minimum atomic E-state index is 0.0110. The van der Waals surface area contributed by atoms with Gasteiger partial charge in [-0.25, -0.2) is 0 Å². The number of carbonyl (C=O) groups is 1. The second kappa shape index (κ2) is 6.21. The van der Waals surface area contributed by atoms with Crippen molar-refractivity contribution in [1.29, 1.82) is 0 Å². The largest absolute Gasteiger partial charge is 0.324 e. The highest BCUT2D eigenvalue weighted by Crippen LogP contribution is 2.21. The zero-order chi connectivity index (χ0) is 13.0. The molecule has 1 fully saturated rings. The van der Waals surface area contributed by atoms with Crippen LogP contribution in [-0.2, 0) is 4.79 Å². The zero-order valence-electron chi connectivity index (χ0n) is 10.7. The lowest BCUT2D eigenvalue weighted by molar-refractivity contribution is -0.118. The summed E-state index contributed by atoms with van der Waals surface area (Å²) in [6, 6.07) is 7.81. The van der Waals surface area contributed by atoms with Crippen LogP contribution in [0.4, 0.5) is 5.69 Å². The Morgan fingerprint density at radius 2 is 2.22 bits per heavy atom. The first-order chi connectivity index (χ1) is 8.66. The summed E-state index contributed by atoms with van der Waals surface area (Å²) in [7, 11) is 0. The highest BCUT2D eigenvalue weighted by Gasteiger charge is 2.20. The van der Waals surface area contributed by atoms with Gasteiger partial charge in [0.2, 0.25) is 5.91 Å². The summed E-state index contributed by atoms with van der Waals surface area (Å²) in [5.74, 6) is 0.0110. The molecule has 0 spiro atoms. The summed E-state index contributed by atoms with van der Waals surface area (Å²) in [6.45, 7) is 3.64. The third-order valence-corrected chi connectivity index (χ3v) is 3.76. The first-order valence-electron chi connectivity index (χ1n) is 6.45. The van der Waals surface area contributed by atoms with Crippen LogP contribution in [0.25, 0.3) is 0 Å². The van der Waals surface area contributed by atoms with E-state index < -0.39 is 0 Å². The average Bonchev–Trinajstić information content (AvgIpc) is 2.35. The fourth-order valence-electron chi connectivity index (χ4n) is 2.33. The minimum Gasteiger partial charge on any atom is -0.324 e. The van der Waals surface area contributed by atoms with E-state index in [1.165, 1.54) is 19.3 Å². The third kappa shape index (κ3) is 3.47. The van der Waals surface area contributed by atoms with Crippen molar-refractivity contribution < 1.29 is 4.79 Å². The molecule has 4 heteroatoms. The fraction of sp³-hybridized carbons (Fsp3) is 0.500. The third-order valence-electron chi connectivity index (χ3n) is 3.44. The number of nitrogens with one attached hydrogen (secondary N) is 1. The first kappa shape index (κ1) is 13.4. The van der Waals surface area contributed by atoms with Crippen LogP contribution < -0.4 is 5.32 Å². The molecule has 0 bridgehead atoms. The Labute approximate surface area is 113 Å². The Kier molecular flexibility index (Phi) is 4.61. The molecule has 0 aliphatic carbocycles. The normalized spacial score (nSPS) is 20.7. The van der Waals surface area contributed by atoms with E-state index in [4.69, 9.17) is 11.6 Å². The highest BCUT2D eigenvalue weighted by atomic mass is 35.5. The summed E-state index contributed by atoms with van der Waals surface area (Å²) in [5, 5.41) is 3.45. The molecule has 1 aliphatic heterocycles. The van der Waals surface area contributed by atoms with E-state index in [0.717, 1.165) is 6.54 Å². The topological polar surface area (TPSA) is 32.3 Å². The maximum atomic E-state index is 12.0. The maximum absolute atomic E-state index is 12.0. The van der Waals surface area contributed by atoms with Gasteiger partial charge in [-0.15, -0.1) is 0 Å². The lowest BCUT2D eigenvalue weighted by Crippen LogP contribution is -2.42. The molecular weight excluding hydrogens is 248 g/mol. The van der Waals surface area contributed by atoms with Crippen LogP contribution in [-0.4, -0.2) is 29.9 Å². The molecule has 0 saturated carbocycles. The van der Waals surface area contributed by atoms with Gasteiger partial charge in [0.05, 0.1) is 17.3 Å². The van der Waals surface area contributed by atoms with E-state index in [1.807, 2.05) is 18.2 Å². The second-order valence-corrected chi connectivity index (χ2v) is 5.25. The predicted octanol–water partition coefficient (Wildman–Crippen LogP) is 3.15. The summed E-state index contributed by atoms with van der Waals surface area (Å²) >= 11 is 6.01. The SMILES string of the molecule is CC1CCCCN1CC(=O)Nc1ccccc1Cl. The van der Waals surface area contributed by atoms with Crippen molar-refractivity contribution in [2.75, 3.05) is 18.4 Å². The molecule has 1 aromatic rings. The number of para-hydroxylation sites is 1. The molecule has 1 N–H and O–H groups in total. The Bertz CT molecular complexity index is 422. The standard InChI is InChI=1S/C14H19ClN2O/c1-11-6-4-5-9-17(11)10-14(18)16-13-8-3-2-7-12(13)15/h2-3,7-8,11H,4-6,9-10H2,1H3,(H,16,18). The Morgan fingerprint density at radius 3 is 2.94 bits per heavy atom. The summed E-state index contributed by atoms with van der Waals surface area (Å²) in [5.41, 5.74) is 0.689. The number of halogens is 1. The molecule has 0 aromatic heterocycles. The van der Waals surface area contributed by atoms with Crippen molar-refractivity contribution in [3.05, 3.63) is 29.3 Å². The number of hydrogen-bond acceptors (Lipinski definition) is 2. The van der Waals surface area contributed by atoms with Gasteiger partial charge in [-0.1, -0.05) is 30.2 Å². The van der Waals surface area contributed by atoms with Crippen molar-refractivity contribution in [2.24, 2.45) is 0 Å². The summed E-state index contributed by atoms with van der Waals surface area (Å²) < 4.78 is 0. The smallest absolute Gasteiger partial charge is 0.238 e. The molecule has 0 radical (unpaired) electrons. The number of likely N-dealkylation sites (tertiary alicyclic amines) is 1. The number of anilines is 1. The number of amides is 1. The number of benzene rings is 1. The van der Waals surface area contributed by atoms with Gasteiger partial charge in [0.25, 0.3) is 0 Å². The lowest BCUT2D eigenvalue weighted by Gasteiger charge is -2.32. The number of nitrogens with zero attached hydrogens (tertiary/aromatic N) is 1. The van der Waals surface area contributed by atoms with Gasteiger partial charge in [-0.2, -0.15) is 0 Å². The second-order valence-electron chi connectivity index (χ2n) is 4.84. The lowest BCUT2D eigenvalue weighted by atomic mass is 10.0. The molecule has 1 aromatic carbocycles. The van der Waals surface area contributed by atoms with Crippen molar-refractivity contribution in [2.45, 2.75) is 32.2 Å². The van der Waals surface area contributed by atoms with Crippen LogP contribution in [0.15, 0.2) is 24.3 Å². The Balaban J connectivity index is 1.90. The van der Waals surface area contributed by atoms with E-state index in [9.17, 15) is 4.79 Å². The molecule has 1 unspecified atom stereocenters. The van der Waals surface area contributed by atoms with Crippen LogP contribution in [0.2, 0.25) is 5.02 Å². The van der Waals surface area contributed by atoms with E-state index in [1.54, 1.807) is 6.07 Å². The summed E-state index contributed by atoms with van der Waals surface area (Å²) in [4.78, 5) is 14.2. The first-order valence-corrected chi connectivity index (χ1v) is 6.83.